The molecular weight excluding hydrogens is 1020 g/mol. The molecule has 0 radical (unpaired) electrons. The van der Waals surface area contributed by atoms with Crippen LogP contribution in [-0.4, -0.2) is 30.9 Å². The Hall–Kier alpha value is -9.72. The van der Waals surface area contributed by atoms with Crippen molar-refractivity contribution in [2.75, 3.05) is 0 Å². The van der Waals surface area contributed by atoms with Gasteiger partial charge in [-0.05, 0) is 184 Å². The van der Waals surface area contributed by atoms with Crippen molar-refractivity contribution < 1.29 is 10.0 Å². The summed E-state index contributed by atoms with van der Waals surface area (Å²) in [5, 5.41) is 23.1. The number of rotatable bonds is 10. The highest BCUT2D eigenvalue weighted by atomic mass is 16.4. The van der Waals surface area contributed by atoms with Crippen LogP contribution in [0.5, 0.6) is 0 Å². The van der Waals surface area contributed by atoms with Crippen LogP contribution in [0, 0.1) is 0 Å². The van der Waals surface area contributed by atoms with Crippen molar-refractivity contribution in [1.29, 1.82) is 0 Å². The smallest absolute Gasteiger partial charge is 0.423 e. The number of aromatic nitrogens is 3. The van der Waals surface area contributed by atoms with Crippen LogP contribution >= 0.6 is 0 Å². The molecule has 3 heterocycles. The van der Waals surface area contributed by atoms with Gasteiger partial charge in [0.1, 0.15) is 0 Å². The minimum atomic E-state index is -1.42. The third-order valence-electron chi connectivity index (χ3n) is 17.2. The topological polar surface area (TPSA) is 55.2 Å². The predicted octanol–water partition coefficient (Wildman–Crippen LogP) is 18.6. The van der Waals surface area contributed by atoms with Crippen molar-refractivity contribution in [3.63, 3.8) is 0 Å². The Balaban J connectivity index is 0.000000389. The molecule has 0 amide bonds. The first-order valence-corrected chi connectivity index (χ1v) is 29.1. The highest BCUT2D eigenvalue weighted by Gasteiger charge is 2.26. The van der Waals surface area contributed by atoms with Gasteiger partial charge in [-0.15, -0.1) is 0 Å². The normalized spacial score (nSPS) is 14.6. The van der Waals surface area contributed by atoms with Gasteiger partial charge in [0.15, 0.2) is 0 Å². The van der Waals surface area contributed by atoms with Gasteiger partial charge in [0.05, 0.1) is 17.1 Å². The summed E-state index contributed by atoms with van der Waals surface area (Å²) in [7, 11) is -1.42. The molecule has 0 bridgehead atoms. The van der Waals surface area contributed by atoms with Crippen LogP contribution in [0.1, 0.15) is 78.9 Å². The molecule has 1 atom stereocenters. The molecule has 9 aromatic carbocycles. The van der Waals surface area contributed by atoms with Crippen molar-refractivity contribution in [2.45, 2.75) is 52.5 Å². The van der Waals surface area contributed by atoms with Gasteiger partial charge in [0, 0.05) is 55.3 Å². The quantitative estimate of drug-likeness (QED) is 0.106. The molecule has 2 N–H and O–H groups in total. The number of nitrogens with zero attached hydrogens (tertiary/aromatic N) is 3. The third kappa shape index (κ3) is 9.73. The molecule has 0 fully saturated rings. The minimum absolute atomic E-state index is 0. The van der Waals surface area contributed by atoms with E-state index in [4.69, 9.17) is 10.0 Å². The molecule has 0 aliphatic heterocycles. The van der Waals surface area contributed by atoms with Crippen LogP contribution in [0.3, 0.4) is 0 Å². The molecule has 0 spiro atoms. The second-order valence-corrected chi connectivity index (χ2v) is 22.0. The maximum Gasteiger partial charge on any atom is 0.488 e. The average Bonchev–Trinajstić information content (AvgIpc) is 3.59. The molecule has 3 aliphatic carbocycles. The van der Waals surface area contributed by atoms with E-state index in [9.17, 15) is 0 Å². The minimum Gasteiger partial charge on any atom is -0.423 e. The lowest BCUT2D eigenvalue weighted by molar-refractivity contribution is 0.426. The van der Waals surface area contributed by atoms with E-state index in [0.29, 0.717) is 5.46 Å². The van der Waals surface area contributed by atoms with E-state index in [1.165, 1.54) is 105 Å². The van der Waals surface area contributed by atoms with Crippen molar-refractivity contribution in [3.8, 4) is 33.6 Å². The largest absolute Gasteiger partial charge is 0.488 e. The number of hydrogen-bond acceptors (Lipinski definition) is 2. The van der Waals surface area contributed by atoms with E-state index in [1.54, 1.807) is 35.4 Å². The van der Waals surface area contributed by atoms with E-state index in [2.05, 4.69) is 251 Å². The predicted molar refractivity (Wildman–Crippen MR) is 358 cm³/mol. The summed E-state index contributed by atoms with van der Waals surface area (Å²) in [6.45, 7) is 5.61. The van der Waals surface area contributed by atoms with Crippen molar-refractivity contribution in [2.24, 2.45) is 0 Å². The maximum absolute atomic E-state index is 8.99. The first kappa shape index (κ1) is 53.6. The van der Waals surface area contributed by atoms with Crippen LogP contribution in [-0.2, 0) is 12.8 Å². The Morgan fingerprint density at radius 1 is 0.500 bits per heavy atom. The standard InChI is InChI=1S/C66H49N3.C11H13BO2.CH4/c1-7-25-61-55(19-1)56-20-2-8-26-62(56)67(61)52-35-31-44(32-36-52)46-15-13-17-48(39-46)50-41-51(43-54(42-50)69-65-29-11-5-23-59(65)60-24-6-12-30-66(60)69)49-18-14-16-47(40-49)45-33-37-53(38-34-45)68-63-27-9-3-21-57(63)58-22-4-10-28-64(58)68;1-3-9(4-2)10-6-5-7-11(8-10)12(13)14;/h1-2,5-20,23-42,54H,3-4,21-22,43H2;3-8,13-14H,1H2,2H3;1H4/b;9-4+;. The molecule has 3 aromatic heterocycles. The van der Waals surface area contributed by atoms with Crippen LogP contribution in [0.4, 0.5) is 0 Å². The number of benzene rings is 9. The highest BCUT2D eigenvalue weighted by molar-refractivity contribution is 6.58. The summed E-state index contributed by atoms with van der Waals surface area (Å²) in [4.78, 5) is 0. The van der Waals surface area contributed by atoms with E-state index in [-0.39, 0.29) is 13.5 Å². The van der Waals surface area contributed by atoms with Crippen LogP contribution in [0.25, 0.3) is 106 Å². The van der Waals surface area contributed by atoms with Gasteiger partial charge in [-0.25, -0.2) is 0 Å². The van der Waals surface area contributed by atoms with Gasteiger partial charge in [0.25, 0.3) is 0 Å². The van der Waals surface area contributed by atoms with E-state index < -0.39 is 7.12 Å². The van der Waals surface area contributed by atoms with Gasteiger partial charge in [-0.1, -0.05) is 208 Å². The summed E-state index contributed by atoms with van der Waals surface area (Å²) >= 11 is 0. The first-order valence-electron chi connectivity index (χ1n) is 29.1. The lowest BCUT2D eigenvalue weighted by Gasteiger charge is -2.26. The summed E-state index contributed by atoms with van der Waals surface area (Å²) in [5.74, 6) is 0. The molecule has 0 saturated heterocycles. The first-order chi connectivity index (χ1) is 40.9. The van der Waals surface area contributed by atoms with Crippen molar-refractivity contribution in [1.82, 2.24) is 13.7 Å². The second-order valence-electron chi connectivity index (χ2n) is 22.0. The van der Waals surface area contributed by atoms with Gasteiger partial charge >= 0.3 is 7.12 Å². The average molecular weight is 1090 g/mol. The van der Waals surface area contributed by atoms with Crippen LogP contribution in [0.2, 0.25) is 0 Å². The Morgan fingerprint density at radius 2 is 0.976 bits per heavy atom. The zero-order chi connectivity index (χ0) is 56.0. The summed E-state index contributed by atoms with van der Waals surface area (Å²) < 4.78 is 7.46. The lowest BCUT2D eigenvalue weighted by Crippen LogP contribution is -2.29. The maximum atomic E-state index is 8.99. The van der Waals surface area contributed by atoms with Gasteiger partial charge in [0.2, 0.25) is 0 Å². The van der Waals surface area contributed by atoms with E-state index in [1.807, 2.05) is 19.1 Å². The lowest BCUT2D eigenvalue weighted by atomic mass is 9.79. The Labute approximate surface area is 492 Å². The Morgan fingerprint density at radius 3 is 1.51 bits per heavy atom. The summed E-state index contributed by atoms with van der Waals surface area (Å²) in [5.41, 5.74) is 25.5. The SMILES string of the molecule is C.C1=Cc2c(c3c(n2-c2ccc(-c4cccc(C5=CC(c6cccc(-c7ccc(-n8c9ccccc9c9ccccc98)cc7)c6)=CC(n6c7ccccc7c7ccccc76)C5)c4)cc2)C=CCC3)CC1.C=C/C(=C\C)c1cccc(B(O)O)c1. The fraction of sp³-hybridized carbons (Fsp3) is 0.103. The van der Waals surface area contributed by atoms with Crippen molar-refractivity contribution in [3.05, 3.63) is 301 Å². The monoisotopic (exact) mass is 1090 g/mol. The number of fused-ring (bicyclic) bond motifs is 9. The fourth-order valence-corrected chi connectivity index (χ4v) is 13.2. The van der Waals surface area contributed by atoms with Gasteiger partial charge < -0.3 is 23.7 Å². The van der Waals surface area contributed by atoms with Crippen molar-refractivity contribution >= 4 is 85.1 Å². The Kier molecular flexibility index (Phi) is 14.6. The molecule has 12 aromatic rings. The zero-order valence-electron chi connectivity index (χ0n) is 46.5. The third-order valence-corrected chi connectivity index (χ3v) is 17.2. The summed E-state index contributed by atoms with van der Waals surface area (Å²) in [6.07, 6.45) is 23.4. The second kappa shape index (κ2) is 22.9. The number of allylic oxidation sites excluding steroid dienone is 9. The van der Waals surface area contributed by atoms with Crippen LogP contribution in [0.15, 0.2) is 261 Å². The summed E-state index contributed by atoms with van der Waals surface area (Å²) in [6, 6.07) is 79.2. The van der Waals surface area contributed by atoms with E-state index >= 15 is 0 Å². The van der Waals surface area contributed by atoms with Crippen LogP contribution < -0.4 is 5.46 Å². The van der Waals surface area contributed by atoms with E-state index in [0.717, 1.165) is 48.9 Å². The fourth-order valence-electron chi connectivity index (χ4n) is 13.2. The molecule has 408 valence electrons. The number of hydrogen-bond donors (Lipinski definition) is 2. The molecule has 15 rings (SSSR count). The molecule has 84 heavy (non-hydrogen) atoms. The number of para-hydroxylation sites is 4. The molecular formula is C78H66BN3O2. The van der Waals surface area contributed by atoms with Gasteiger partial charge in [-0.3, -0.25) is 0 Å². The molecule has 3 aliphatic rings. The molecule has 1 unspecified atom stereocenters. The molecule has 5 nitrogen and oxygen atoms in total. The Bertz CT molecular complexity index is 4500. The molecule has 6 heteroatoms. The van der Waals surface area contributed by atoms with Gasteiger partial charge in [-0.2, -0.15) is 0 Å². The highest BCUT2D eigenvalue weighted by Crippen LogP contribution is 2.43. The molecule has 0 saturated carbocycles. The zero-order valence-corrected chi connectivity index (χ0v) is 46.5.